The number of ether oxygens (including phenoxy) is 2. The predicted octanol–water partition coefficient (Wildman–Crippen LogP) is 8.19. The summed E-state index contributed by atoms with van der Waals surface area (Å²) in [5.41, 5.74) is 5.86. The average molecular weight is 517 g/mol. The van der Waals surface area contributed by atoms with E-state index in [9.17, 15) is 9.59 Å². The van der Waals surface area contributed by atoms with Crippen LogP contribution in [0.1, 0.15) is 100 Å². The van der Waals surface area contributed by atoms with Gasteiger partial charge in [-0.05, 0) is 82.7 Å². The van der Waals surface area contributed by atoms with Crippen molar-refractivity contribution in [3.63, 3.8) is 0 Å². The van der Waals surface area contributed by atoms with Crippen molar-refractivity contribution in [2.45, 2.75) is 93.1 Å². The van der Waals surface area contributed by atoms with Crippen molar-refractivity contribution >= 4 is 11.6 Å². The molecule has 0 saturated heterocycles. The van der Waals surface area contributed by atoms with Crippen molar-refractivity contribution in [2.75, 3.05) is 13.2 Å². The molecule has 0 aromatic heterocycles. The van der Waals surface area contributed by atoms with Gasteiger partial charge in [-0.25, -0.2) is 0 Å². The van der Waals surface area contributed by atoms with Gasteiger partial charge in [-0.3, -0.25) is 9.59 Å². The first-order valence-corrected chi connectivity index (χ1v) is 14.0. The topological polar surface area (TPSA) is 52.6 Å². The number of carbonyl (C=O) groups is 2. The van der Waals surface area contributed by atoms with Gasteiger partial charge in [-0.1, -0.05) is 68.2 Å². The maximum Gasteiger partial charge on any atom is 0.200 e. The maximum atomic E-state index is 14.7. The fourth-order valence-corrected chi connectivity index (χ4v) is 5.66. The lowest BCUT2D eigenvalue weighted by Crippen LogP contribution is -2.48. The van der Waals surface area contributed by atoms with Gasteiger partial charge < -0.3 is 9.47 Å². The Morgan fingerprint density at radius 1 is 0.763 bits per heavy atom. The molecule has 1 aliphatic carbocycles. The SMILES string of the molecule is CCCCOC1=C(C(=O)c2c(C)cc(C)cc2C)C(OCCCC)(C(=O)c2c(C)cc(C)cc2C)CC=C1. The highest BCUT2D eigenvalue weighted by atomic mass is 16.5. The van der Waals surface area contributed by atoms with Crippen LogP contribution in [0.25, 0.3) is 0 Å². The second-order valence-corrected chi connectivity index (χ2v) is 10.8. The van der Waals surface area contributed by atoms with Crippen molar-refractivity contribution in [3.05, 3.63) is 92.3 Å². The predicted molar refractivity (Wildman–Crippen MR) is 155 cm³/mol. The Hall–Kier alpha value is -2.98. The zero-order valence-corrected chi connectivity index (χ0v) is 24.5. The van der Waals surface area contributed by atoms with Gasteiger partial charge in [0.05, 0.1) is 12.2 Å². The Morgan fingerprint density at radius 3 is 1.79 bits per heavy atom. The molecule has 0 heterocycles. The summed E-state index contributed by atoms with van der Waals surface area (Å²) < 4.78 is 12.9. The van der Waals surface area contributed by atoms with Gasteiger partial charge in [0.25, 0.3) is 0 Å². The fraction of sp³-hybridized carbons (Fsp3) is 0.471. The monoisotopic (exact) mass is 516 g/mol. The molecule has 1 unspecified atom stereocenters. The average Bonchev–Trinajstić information content (AvgIpc) is 2.83. The maximum absolute atomic E-state index is 14.7. The molecule has 0 saturated carbocycles. The first kappa shape index (κ1) is 29.6. The minimum absolute atomic E-state index is 0.171. The summed E-state index contributed by atoms with van der Waals surface area (Å²) in [7, 11) is 0. The number of Topliss-reactive ketones (excluding diaryl/α,β-unsaturated/α-hetero) is 2. The van der Waals surface area contributed by atoms with E-state index >= 15 is 0 Å². The number of ketones is 2. The third kappa shape index (κ3) is 6.02. The van der Waals surface area contributed by atoms with Crippen molar-refractivity contribution in [1.29, 1.82) is 0 Å². The van der Waals surface area contributed by atoms with Crippen LogP contribution >= 0.6 is 0 Å². The molecule has 38 heavy (non-hydrogen) atoms. The summed E-state index contributed by atoms with van der Waals surface area (Å²) in [4.78, 5) is 29.3. The highest BCUT2D eigenvalue weighted by molar-refractivity contribution is 6.20. The molecule has 0 radical (unpaired) electrons. The lowest BCUT2D eigenvalue weighted by Gasteiger charge is -2.37. The lowest BCUT2D eigenvalue weighted by atomic mass is 9.74. The first-order valence-electron chi connectivity index (χ1n) is 14.0. The molecule has 0 bridgehead atoms. The molecule has 0 spiro atoms. The first-order chi connectivity index (χ1) is 18.1. The van der Waals surface area contributed by atoms with E-state index < -0.39 is 5.60 Å². The van der Waals surface area contributed by atoms with E-state index in [1.54, 1.807) is 0 Å². The van der Waals surface area contributed by atoms with Crippen LogP contribution in [0, 0.1) is 41.5 Å². The van der Waals surface area contributed by atoms with Gasteiger partial charge >= 0.3 is 0 Å². The van der Waals surface area contributed by atoms with Crippen LogP contribution in [0.2, 0.25) is 0 Å². The van der Waals surface area contributed by atoms with Gasteiger partial charge in [0, 0.05) is 24.2 Å². The Balaban J connectivity index is 2.32. The quantitative estimate of drug-likeness (QED) is 0.211. The molecule has 2 aromatic carbocycles. The van der Waals surface area contributed by atoms with Gasteiger partial charge in [-0.15, -0.1) is 0 Å². The van der Waals surface area contributed by atoms with Gasteiger partial charge in [-0.2, -0.15) is 0 Å². The van der Waals surface area contributed by atoms with Crippen LogP contribution in [-0.4, -0.2) is 30.4 Å². The molecule has 4 heteroatoms. The molecule has 1 aliphatic rings. The minimum atomic E-state index is -1.46. The molecule has 0 amide bonds. The highest BCUT2D eigenvalue weighted by Crippen LogP contribution is 2.41. The Bertz CT molecular complexity index is 1220. The number of rotatable bonds is 12. The molecular weight excluding hydrogens is 472 g/mol. The van der Waals surface area contributed by atoms with Crippen LogP contribution in [0.3, 0.4) is 0 Å². The Labute approximate surface area is 229 Å². The normalized spacial score (nSPS) is 17.2. The number of unbranched alkanes of at least 4 members (excludes halogenated alkanes) is 2. The van der Waals surface area contributed by atoms with Crippen LogP contribution in [0.5, 0.6) is 0 Å². The molecule has 0 N–H and O–H groups in total. The molecule has 0 aliphatic heterocycles. The van der Waals surface area contributed by atoms with Crippen LogP contribution in [0.4, 0.5) is 0 Å². The van der Waals surface area contributed by atoms with E-state index in [1.807, 2.05) is 78.0 Å². The summed E-state index contributed by atoms with van der Waals surface area (Å²) >= 11 is 0. The number of aryl methyl sites for hydroxylation is 6. The Morgan fingerprint density at radius 2 is 1.26 bits per heavy atom. The third-order valence-corrected chi connectivity index (χ3v) is 7.33. The van der Waals surface area contributed by atoms with Gasteiger partial charge in [0.1, 0.15) is 5.76 Å². The molecule has 204 valence electrons. The number of hydrogen-bond acceptors (Lipinski definition) is 4. The zero-order valence-electron chi connectivity index (χ0n) is 24.5. The van der Waals surface area contributed by atoms with Crippen LogP contribution in [0.15, 0.2) is 47.7 Å². The van der Waals surface area contributed by atoms with Crippen molar-refractivity contribution in [1.82, 2.24) is 0 Å². The van der Waals surface area contributed by atoms with E-state index in [-0.39, 0.29) is 18.0 Å². The molecule has 1 atom stereocenters. The summed E-state index contributed by atoms with van der Waals surface area (Å²) in [5, 5.41) is 0. The second kappa shape index (κ2) is 12.7. The molecule has 0 fully saturated rings. The summed E-state index contributed by atoms with van der Waals surface area (Å²) in [6.45, 7) is 16.9. The largest absolute Gasteiger partial charge is 0.493 e. The number of carbonyl (C=O) groups excluding carboxylic acids is 2. The van der Waals surface area contributed by atoms with E-state index in [1.165, 1.54) is 0 Å². The third-order valence-electron chi connectivity index (χ3n) is 7.33. The van der Waals surface area contributed by atoms with E-state index in [0.29, 0.717) is 35.7 Å². The molecule has 3 rings (SSSR count). The number of hydrogen-bond donors (Lipinski definition) is 0. The zero-order chi connectivity index (χ0) is 28.0. The lowest BCUT2D eigenvalue weighted by molar-refractivity contribution is -0.00832. The number of allylic oxidation sites excluding steroid dienone is 1. The summed E-state index contributed by atoms with van der Waals surface area (Å²) in [6, 6.07) is 8.09. The van der Waals surface area contributed by atoms with Gasteiger partial charge in [0.15, 0.2) is 17.2 Å². The standard InChI is InChI=1S/C34H44O4/c1-9-11-16-37-28-14-13-15-34(38-17-12-10-2,33(36)30-26(7)20-23(4)21-27(30)8)31(28)32(35)29-24(5)18-22(3)19-25(29)6/h13-14,18-21H,9-12,15-17H2,1-8H3. The van der Waals surface area contributed by atoms with E-state index in [0.717, 1.165) is 59.1 Å². The van der Waals surface area contributed by atoms with Crippen molar-refractivity contribution in [3.8, 4) is 0 Å². The van der Waals surface area contributed by atoms with Gasteiger partial charge in [0.2, 0.25) is 0 Å². The Kier molecular flexibility index (Phi) is 9.89. The fourth-order valence-electron chi connectivity index (χ4n) is 5.66. The van der Waals surface area contributed by atoms with Crippen molar-refractivity contribution in [2.24, 2.45) is 0 Å². The smallest absolute Gasteiger partial charge is 0.200 e. The summed E-state index contributed by atoms with van der Waals surface area (Å²) in [6.07, 6.45) is 7.60. The van der Waals surface area contributed by atoms with Crippen LogP contribution in [-0.2, 0) is 9.47 Å². The molecular formula is C34H44O4. The number of benzene rings is 2. The van der Waals surface area contributed by atoms with E-state index in [2.05, 4.69) is 13.8 Å². The van der Waals surface area contributed by atoms with Crippen LogP contribution < -0.4 is 0 Å². The highest BCUT2D eigenvalue weighted by Gasteiger charge is 2.50. The second-order valence-electron chi connectivity index (χ2n) is 10.8. The summed E-state index contributed by atoms with van der Waals surface area (Å²) in [5.74, 6) is 0.0831. The molecule has 2 aromatic rings. The molecule has 4 nitrogen and oxygen atoms in total. The minimum Gasteiger partial charge on any atom is -0.493 e. The van der Waals surface area contributed by atoms with Crippen molar-refractivity contribution < 1.29 is 19.1 Å². The van der Waals surface area contributed by atoms with E-state index in [4.69, 9.17) is 9.47 Å².